The molecule has 0 amide bonds. The lowest BCUT2D eigenvalue weighted by Crippen LogP contribution is -2.35. The second-order valence-electron chi connectivity index (χ2n) is 4.11. The lowest BCUT2D eigenvalue weighted by atomic mass is 10.2. The third-order valence-corrected chi connectivity index (χ3v) is 3.97. The van der Waals surface area contributed by atoms with E-state index in [0.29, 0.717) is 6.07 Å². The molecule has 0 saturated heterocycles. The molecule has 1 aromatic carbocycles. The summed E-state index contributed by atoms with van der Waals surface area (Å²) < 4.78 is 63.9. The molecular weight excluding hydrogens is 299 g/mol. The molecule has 0 radical (unpaired) electrons. The van der Waals surface area contributed by atoms with Crippen LogP contribution < -0.4 is 4.72 Å². The van der Waals surface area contributed by atoms with E-state index in [0.717, 1.165) is 18.2 Å². The molecule has 5 nitrogen and oxygen atoms in total. The van der Waals surface area contributed by atoms with Crippen molar-refractivity contribution in [1.82, 2.24) is 4.72 Å². The topological polar surface area (TPSA) is 83.5 Å². The van der Waals surface area contributed by atoms with Gasteiger partial charge in [0.1, 0.15) is 0 Å². The van der Waals surface area contributed by atoms with Crippen molar-refractivity contribution in [3.05, 3.63) is 29.8 Å². The van der Waals surface area contributed by atoms with Gasteiger partial charge in [-0.3, -0.25) is 4.79 Å². The first-order chi connectivity index (χ1) is 9.04. The molecular formula is C11H12F3NO4S. The normalized spacial score (nSPS) is 14.0. The number of carbonyl (C=O) groups is 1. The van der Waals surface area contributed by atoms with Gasteiger partial charge in [-0.1, -0.05) is 12.1 Å². The summed E-state index contributed by atoms with van der Waals surface area (Å²) in [5.74, 6) is -1.26. The van der Waals surface area contributed by atoms with Gasteiger partial charge in [-0.05, 0) is 19.1 Å². The summed E-state index contributed by atoms with van der Waals surface area (Å²) in [7, 11) is -4.45. The minimum absolute atomic E-state index is 0.534. The van der Waals surface area contributed by atoms with E-state index in [1.54, 1.807) is 0 Å². The molecule has 0 aromatic heterocycles. The van der Waals surface area contributed by atoms with E-state index in [9.17, 15) is 26.4 Å². The molecule has 0 aliphatic heterocycles. The highest BCUT2D eigenvalue weighted by Gasteiger charge is 2.37. The molecule has 1 unspecified atom stereocenters. The van der Waals surface area contributed by atoms with Crippen molar-refractivity contribution in [2.75, 3.05) is 0 Å². The van der Waals surface area contributed by atoms with Gasteiger partial charge in [-0.2, -0.15) is 13.2 Å². The minimum atomic E-state index is -4.82. The number of carboxylic acids is 1. The minimum Gasteiger partial charge on any atom is -0.481 e. The van der Waals surface area contributed by atoms with E-state index >= 15 is 0 Å². The van der Waals surface area contributed by atoms with Crippen LogP contribution in [0, 0.1) is 0 Å². The van der Waals surface area contributed by atoms with Gasteiger partial charge >= 0.3 is 12.1 Å². The molecule has 2 N–H and O–H groups in total. The molecule has 0 fully saturated rings. The predicted octanol–water partition coefficient (Wildman–Crippen LogP) is 1.85. The Hall–Kier alpha value is -1.61. The number of sulfonamides is 1. The number of halogens is 3. The first kappa shape index (κ1) is 16.4. The van der Waals surface area contributed by atoms with Crippen molar-refractivity contribution < 1.29 is 31.5 Å². The molecule has 112 valence electrons. The Labute approximate surface area is 113 Å². The molecule has 0 bridgehead atoms. The number of carboxylic acid groups (broad SMARTS) is 1. The highest BCUT2D eigenvalue weighted by atomic mass is 32.2. The van der Waals surface area contributed by atoms with Crippen LogP contribution >= 0.6 is 0 Å². The predicted molar refractivity (Wildman–Crippen MR) is 63.5 cm³/mol. The summed E-state index contributed by atoms with van der Waals surface area (Å²) in [6, 6.07) is 2.67. The van der Waals surface area contributed by atoms with E-state index in [1.807, 2.05) is 4.72 Å². The molecule has 0 heterocycles. The molecule has 0 aliphatic carbocycles. The summed E-state index contributed by atoms with van der Waals surface area (Å²) in [5, 5.41) is 8.52. The second-order valence-corrected chi connectivity index (χ2v) is 5.80. The van der Waals surface area contributed by atoms with Crippen LogP contribution in [0.2, 0.25) is 0 Å². The van der Waals surface area contributed by atoms with E-state index in [4.69, 9.17) is 5.11 Å². The van der Waals surface area contributed by atoms with Crippen LogP contribution in [0.1, 0.15) is 18.9 Å². The van der Waals surface area contributed by atoms with Gasteiger partial charge in [0.15, 0.2) is 0 Å². The Bertz CT molecular complexity index is 598. The largest absolute Gasteiger partial charge is 0.481 e. The maximum atomic E-state index is 12.7. The Balaban J connectivity index is 3.14. The van der Waals surface area contributed by atoms with Crippen LogP contribution in [-0.2, 0) is 21.0 Å². The summed E-state index contributed by atoms with van der Waals surface area (Å²) in [5.41, 5.74) is -1.30. The van der Waals surface area contributed by atoms with Crippen LogP contribution in [0.25, 0.3) is 0 Å². The molecule has 1 rings (SSSR count). The summed E-state index contributed by atoms with van der Waals surface area (Å²) >= 11 is 0. The summed E-state index contributed by atoms with van der Waals surface area (Å²) in [6.45, 7) is 1.25. The average molecular weight is 311 g/mol. The van der Waals surface area contributed by atoms with E-state index < -0.39 is 45.1 Å². The van der Waals surface area contributed by atoms with Crippen molar-refractivity contribution in [1.29, 1.82) is 0 Å². The van der Waals surface area contributed by atoms with E-state index in [2.05, 4.69) is 0 Å². The first-order valence-electron chi connectivity index (χ1n) is 5.44. The molecule has 0 aliphatic rings. The third kappa shape index (κ3) is 4.20. The van der Waals surface area contributed by atoms with Gasteiger partial charge < -0.3 is 5.11 Å². The number of benzene rings is 1. The maximum Gasteiger partial charge on any atom is 0.417 e. The number of nitrogens with one attached hydrogen (secondary N) is 1. The number of rotatable bonds is 5. The van der Waals surface area contributed by atoms with Crippen molar-refractivity contribution in [3.63, 3.8) is 0 Å². The highest BCUT2D eigenvalue weighted by Crippen LogP contribution is 2.33. The Morgan fingerprint density at radius 2 is 1.90 bits per heavy atom. The zero-order valence-corrected chi connectivity index (χ0v) is 11.1. The number of hydrogen-bond donors (Lipinski definition) is 2. The SMILES string of the molecule is CC(CC(=O)O)NS(=O)(=O)c1ccccc1C(F)(F)F. The van der Waals surface area contributed by atoms with Gasteiger partial charge in [-0.15, -0.1) is 0 Å². The number of alkyl halides is 3. The lowest BCUT2D eigenvalue weighted by Gasteiger charge is -2.16. The van der Waals surface area contributed by atoms with Crippen molar-refractivity contribution >= 4 is 16.0 Å². The zero-order chi connectivity index (χ0) is 15.6. The summed E-state index contributed by atoms with van der Waals surface area (Å²) in [6.07, 6.45) is -5.35. The van der Waals surface area contributed by atoms with E-state index in [1.165, 1.54) is 6.92 Å². The third-order valence-electron chi connectivity index (χ3n) is 2.32. The van der Waals surface area contributed by atoms with Crippen LogP contribution in [-0.4, -0.2) is 25.5 Å². The Kier molecular flexibility index (Phi) is 4.77. The van der Waals surface area contributed by atoms with Crippen LogP contribution in [0.15, 0.2) is 29.2 Å². The molecule has 1 atom stereocenters. The van der Waals surface area contributed by atoms with Crippen molar-refractivity contribution in [2.24, 2.45) is 0 Å². The maximum absolute atomic E-state index is 12.7. The fourth-order valence-electron chi connectivity index (χ4n) is 1.57. The number of hydrogen-bond acceptors (Lipinski definition) is 3. The van der Waals surface area contributed by atoms with Crippen molar-refractivity contribution in [3.8, 4) is 0 Å². The molecule has 20 heavy (non-hydrogen) atoms. The second kappa shape index (κ2) is 5.80. The molecule has 1 aromatic rings. The Morgan fingerprint density at radius 1 is 1.35 bits per heavy atom. The molecule has 0 spiro atoms. The zero-order valence-electron chi connectivity index (χ0n) is 10.3. The average Bonchev–Trinajstić information content (AvgIpc) is 2.25. The van der Waals surface area contributed by atoms with Crippen LogP contribution in [0.4, 0.5) is 13.2 Å². The monoisotopic (exact) mass is 311 g/mol. The van der Waals surface area contributed by atoms with Crippen LogP contribution in [0.3, 0.4) is 0 Å². The first-order valence-corrected chi connectivity index (χ1v) is 6.92. The fraction of sp³-hybridized carbons (Fsp3) is 0.364. The quantitative estimate of drug-likeness (QED) is 0.869. The van der Waals surface area contributed by atoms with Gasteiger partial charge in [0.25, 0.3) is 0 Å². The van der Waals surface area contributed by atoms with Gasteiger partial charge in [0.2, 0.25) is 10.0 Å². The van der Waals surface area contributed by atoms with Gasteiger partial charge in [0.05, 0.1) is 16.9 Å². The van der Waals surface area contributed by atoms with Gasteiger partial charge in [0, 0.05) is 6.04 Å². The standard InChI is InChI=1S/C11H12F3NO4S/c1-7(6-10(16)17)15-20(18,19)9-5-3-2-4-8(9)11(12,13)14/h2-5,7,15H,6H2,1H3,(H,16,17). The number of aliphatic carboxylic acids is 1. The van der Waals surface area contributed by atoms with Crippen molar-refractivity contribution in [2.45, 2.75) is 30.5 Å². The molecule has 9 heteroatoms. The summed E-state index contributed by atoms with van der Waals surface area (Å²) in [4.78, 5) is 9.52. The van der Waals surface area contributed by atoms with E-state index in [-0.39, 0.29) is 0 Å². The highest BCUT2D eigenvalue weighted by molar-refractivity contribution is 7.89. The van der Waals surface area contributed by atoms with Crippen LogP contribution in [0.5, 0.6) is 0 Å². The smallest absolute Gasteiger partial charge is 0.417 e. The fourth-order valence-corrected chi connectivity index (χ4v) is 3.04. The van der Waals surface area contributed by atoms with Gasteiger partial charge in [-0.25, -0.2) is 13.1 Å². The Morgan fingerprint density at radius 3 is 2.40 bits per heavy atom. The lowest BCUT2D eigenvalue weighted by molar-refractivity contribution is -0.140. The molecule has 0 saturated carbocycles.